The number of carbonyl (C=O) groups excluding carboxylic acids is 1. The third kappa shape index (κ3) is 5.71. The van der Waals surface area contributed by atoms with Gasteiger partial charge < -0.3 is 5.32 Å². The smallest absolute Gasteiger partial charge is 0.242 e. The van der Waals surface area contributed by atoms with Crippen LogP contribution in [0.25, 0.3) is 0 Å². The summed E-state index contributed by atoms with van der Waals surface area (Å²) < 4.78 is 56.0. The molecule has 156 valence electrons. The first-order valence-corrected chi connectivity index (χ1v) is 11.1. The summed E-state index contributed by atoms with van der Waals surface area (Å²) in [4.78, 5) is 12.8. The zero-order chi connectivity index (χ0) is 21.7. The maximum atomic E-state index is 13.9. The van der Waals surface area contributed by atoms with Gasteiger partial charge in [-0.25, -0.2) is 17.2 Å². The predicted octanol–water partition coefficient (Wildman–Crippen LogP) is 4.26. The normalized spacial score (nSPS) is 12.4. The first kappa shape index (κ1) is 22.1. The average molecular weight is 495 g/mol. The Balaban J connectivity index is 1.88. The molecule has 9 heteroatoms. The highest BCUT2D eigenvalue weighted by Gasteiger charge is 2.27. The van der Waals surface area contributed by atoms with E-state index in [2.05, 4.69) is 26.0 Å². The number of hydrogen-bond donors (Lipinski definition) is 2. The van der Waals surface area contributed by atoms with Crippen LogP contribution in [0.15, 0.2) is 82.2 Å². The van der Waals surface area contributed by atoms with Crippen LogP contribution in [0.4, 0.5) is 14.5 Å². The number of hydrogen-bond acceptors (Lipinski definition) is 3. The monoisotopic (exact) mass is 494 g/mol. The number of nitrogens with one attached hydrogen (secondary N) is 2. The molecule has 30 heavy (non-hydrogen) atoms. The van der Waals surface area contributed by atoms with E-state index in [4.69, 9.17) is 0 Å². The lowest BCUT2D eigenvalue weighted by molar-refractivity contribution is -0.117. The zero-order valence-corrected chi connectivity index (χ0v) is 17.9. The van der Waals surface area contributed by atoms with Crippen LogP contribution in [0.5, 0.6) is 0 Å². The molecule has 0 spiro atoms. The van der Waals surface area contributed by atoms with E-state index in [1.165, 1.54) is 12.1 Å². The lowest BCUT2D eigenvalue weighted by Crippen LogP contribution is -2.45. The molecule has 0 aliphatic carbocycles. The van der Waals surface area contributed by atoms with Gasteiger partial charge in [0.1, 0.15) is 17.7 Å². The van der Waals surface area contributed by atoms with Crippen LogP contribution in [0.3, 0.4) is 0 Å². The summed E-state index contributed by atoms with van der Waals surface area (Å²) in [7, 11) is -4.05. The second kappa shape index (κ2) is 9.46. The largest absolute Gasteiger partial charge is 0.322 e. The number of rotatable bonds is 7. The molecule has 2 N–H and O–H groups in total. The molecular weight excluding hydrogens is 478 g/mol. The van der Waals surface area contributed by atoms with Crippen molar-refractivity contribution in [1.82, 2.24) is 4.72 Å². The Morgan fingerprint density at radius 2 is 1.63 bits per heavy atom. The number of benzene rings is 3. The fourth-order valence-corrected chi connectivity index (χ4v) is 4.18. The van der Waals surface area contributed by atoms with Gasteiger partial charge in [-0.3, -0.25) is 4.79 Å². The Morgan fingerprint density at radius 3 is 2.30 bits per heavy atom. The van der Waals surface area contributed by atoms with E-state index in [0.29, 0.717) is 10.0 Å². The maximum absolute atomic E-state index is 13.9. The van der Waals surface area contributed by atoms with Gasteiger partial charge in [-0.05, 0) is 48.4 Å². The second-order valence-corrected chi connectivity index (χ2v) is 9.06. The van der Waals surface area contributed by atoms with Crippen LogP contribution < -0.4 is 10.0 Å². The maximum Gasteiger partial charge on any atom is 0.242 e. The van der Waals surface area contributed by atoms with Crippen LogP contribution in [-0.4, -0.2) is 20.4 Å². The molecule has 0 aliphatic heterocycles. The molecule has 0 radical (unpaired) electrons. The van der Waals surface area contributed by atoms with Crippen molar-refractivity contribution in [2.24, 2.45) is 0 Å². The van der Waals surface area contributed by atoms with Gasteiger partial charge in [-0.2, -0.15) is 4.72 Å². The summed E-state index contributed by atoms with van der Waals surface area (Å²) in [5.74, 6) is -2.38. The van der Waals surface area contributed by atoms with Crippen molar-refractivity contribution in [2.45, 2.75) is 17.4 Å². The highest BCUT2D eigenvalue weighted by Crippen LogP contribution is 2.18. The second-order valence-electron chi connectivity index (χ2n) is 6.43. The van der Waals surface area contributed by atoms with Gasteiger partial charge in [0.15, 0.2) is 0 Å². The predicted molar refractivity (Wildman–Crippen MR) is 113 cm³/mol. The van der Waals surface area contributed by atoms with Crippen molar-refractivity contribution in [1.29, 1.82) is 0 Å². The minimum atomic E-state index is -4.05. The van der Waals surface area contributed by atoms with Crippen LogP contribution >= 0.6 is 15.9 Å². The zero-order valence-electron chi connectivity index (χ0n) is 15.5. The molecule has 0 heterocycles. The summed E-state index contributed by atoms with van der Waals surface area (Å²) in [6.07, 6.45) is 0.0133. The molecule has 5 nitrogen and oxygen atoms in total. The van der Waals surface area contributed by atoms with Crippen LogP contribution in [0.1, 0.15) is 5.56 Å². The van der Waals surface area contributed by atoms with Crippen LogP contribution in [0.2, 0.25) is 0 Å². The lowest BCUT2D eigenvalue weighted by atomic mass is 10.1. The van der Waals surface area contributed by atoms with Crippen molar-refractivity contribution >= 4 is 37.5 Å². The topological polar surface area (TPSA) is 75.3 Å². The molecule has 0 aromatic heterocycles. The van der Waals surface area contributed by atoms with Gasteiger partial charge in [0.05, 0.1) is 10.6 Å². The van der Waals surface area contributed by atoms with Crippen LogP contribution in [0, 0.1) is 11.6 Å². The molecular formula is C21H17BrF2N2O3S. The van der Waals surface area contributed by atoms with Gasteiger partial charge in [0.2, 0.25) is 15.9 Å². The highest BCUT2D eigenvalue weighted by atomic mass is 79.9. The Morgan fingerprint density at radius 1 is 0.967 bits per heavy atom. The minimum Gasteiger partial charge on any atom is -0.322 e. The SMILES string of the molecule is O=C(Nc1cc(F)ccc1F)[C@H](Cc1ccccc1)NS(=O)(=O)c1ccc(Br)cc1. The molecule has 0 bridgehead atoms. The molecule has 3 rings (SSSR count). The van der Waals surface area contributed by atoms with E-state index in [1.54, 1.807) is 42.5 Å². The first-order chi connectivity index (χ1) is 14.2. The molecule has 1 amide bonds. The molecule has 0 unspecified atom stereocenters. The van der Waals surface area contributed by atoms with E-state index < -0.39 is 33.6 Å². The van der Waals surface area contributed by atoms with E-state index in [-0.39, 0.29) is 17.0 Å². The van der Waals surface area contributed by atoms with E-state index in [9.17, 15) is 22.0 Å². The van der Waals surface area contributed by atoms with Crippen molar-refractivity contribution in [3.63, 3.8) is 0 Å². The van der Waals surface area contributed by atoms with Gasteiger partial charge in [0, 0.05) is 10.5 Å². The van der Waals surface area contributed by atoms with E-state index >= 15 is 0 Å². The third-order valence-electron chi connectivity index (χ3n) is 4.21. The van der Waals surface area contributed by atoms with Gasteiger partial charge in [-0.1, -0.05) is 46.3 Å². The van der Waals surface area contributed by atoms with Gasteiger partial charge in [-0.15, -0.1) is 0 Å². The van der Waals surface area contributed by atoms with E-state index in [1.807, 2.05) is 0 Å². The van der Waals surface area contributed by atoms with Crippen LogP contribution in [-0.2, 0) is 21.2 Å². The van der Waals surface area contributed by atoms with Crippen molar-refractivity contribution in [3.05, 3.63) is 94.5 Å². The number of amides is 1. The number of carbonyl (C=O) groups is 1. The molecule has 0 fully saturated rings. The van der Waals surface area contributed by atoms with Crippen molar-refractivity contribution in [2.75, 3.05) is 5.32 Å². The number of anilines is 1. The Labute approximate surface area is 181 Å². The molecule has 0 saturated carbocycles. The summed E-state index contributed by atoms with van der Waals surface area (Å²) in [6.45, 7) is 0. The minimum absolute atomic E-state index is 0.0133. The molecule has 0 saturated heterocycles. The number of halogens is 3. The Bertz CT molecular complexity index is 1140. The molecule has 3 aromatic rings. The molecule has 3 aromatic carbocycles. The third-order valence-corrected chi connectivity index (χ3v) is 6.22. The van der Waals surface area contributed by atoms with E-state index in [0.717, 1.165) is 18.2 Å². The van der Waals surface area contributed by atoms with Gasteiger partial charge >= 0.3 is 0 Å². The standard InChI is InChI=1S/C21H17BrF2N2O3S/c22-15-6-9-17(10-7-15)30(28,29)26-20(12-14-4-2-1-3-5-14)21(27)25-19-13-16(23)8-11-18(19)24/h1-11,13,20,26H,12H2,(H,25,27)/t20-/m0/s1. The summed E-state index contributed by atoms with van der Waals surface area (Å²) in [5, 5.41) is 2.27. The highest BCUT2D eigenvalue weighted by molar-refractivity contribution is 9.10. The molecule has 0 aliphatic rings. The lowest BCUT2D eigenvalue weighted by Gasteiger charge is -2.19. The van der Waals surface area contributed by atoms with Crippen molar-refractivity contribution in [3.8, 4) is 0 Å². The summed E-state index contributed by atoms with van der Waals surface area (Å²) >= 11 is 3.23. The summed E-state index contributed by atoms with van der Waals surface area (Å²) in [6, 6.07) is 16.0. The number of sulfonamides is 1. The van der Waals surface area contributed by atoms with Crippen molar-refractivity contribution < 1.29 is 22.0 Å². The summed E-state index contributed by atoms with van der Waals surface area (Å²) in [5.41, 5.74) is 0.316. The average Bonchev–Trinajstić information content (AvgIpc) is 2.71. The molecule has 1 atom stereocenters. The quantitative estimate of drug-likeness (QED) is 0.515. The fraction of sp³-hybridized carbons (Fsp3) is 0.0952. The first-order valence-electron chi connectivity index (χ1n) is 8.82. The van der Waals surface area contributed by atoms with Gasteiger partial charge in [0.25, 0.3) is 0 Å². The Hall–Kier alpha value is -2.62. The Kier molecular flexibility index (Phi) is 6.96. The fourth-order valence-electron chi connectivity index (χ4n) is 2.72.